The molecule has 1 heterocycles. The Morgan fingerprint density at radius 1 is 1.35 bits per heavy atom. The molecule has 2 aromatic rings. The molecule has 2 rings (SSSR count). The molecule has 0 saturated heterocycles. The van der Waals surface area contributed by atoms with Crippen molar-refractivity contribution in [2.24, 2.45) is 7.05 Å². The summed E-state index contributed by atoms with van der Waals surface area (Å²) in [5.41, 5.74) is 2.75. The number of nitrogens with zero attached hydrogens (tertiary/aromatic N) is 2. The summed E-state index contributed by atoms with van der Waals surface area (Å²) in [7, 11) is 1.83. The van der Waals surface area contributed by atoms with E-state index in [1.54, 1.807) is 10.9 Å². The lowest BCUT2D eigenvalue weighted by Gasteiger charge is -2.03. The van der Waals surface area contributed by atoms with E-state index in [9.17, 15) is 4.79 Å². The minimum atomic E-state index is 0.664. The normalized spacial score (nSPS) is 10.5. The van der Waals surface area contributed by atoms with E-state index in [1.165, 1.54) is 5.56 Å². The zero-order valence-electron chi connectivity index (χ0n) is 9.56. The van der Waals surface area contributed by atoms with Gasteiger partial charge in [-0.1, -0.05) is 34.1 Å². The van der Waals surface area contributed by atoms with E-state index < -0.39 is 0 Å². The fourth-order valence-corrected chi connectivity index (χ4v) is 2.27. The molecule has 1 aromatic carbocycles. The number of hydrogen-bond donors (Lipinski definition) is 0. The molecule has 1 aromatic heterocycles. The molecule has 0 N–H and O–H groups in total. The second-order valence-electron chi connectivity index (χ2n) is 3.90. The molecule has 17 heavy (non-hydrogen) atoms. The zero-order chi connectivity index (χ0) is 12.3. The van der Waals surface area contributed by atoms with E-state index in [4.69, 9.17) is 0 Å². The Bertz CT molecular complexity index is 534. The highest BCUT2D eigenvalue weighted by molar-refractivity contribution is 9.10. The fraction of sp³-hybridized carbons (Fsp3) is 0.231. The van der Waals surface area contributed by atoms with Crippen LogP contribution in [0.25, 0.3) is 0 Å². The minimum Gasteiger partial charge on any atom is -0.331 e. The van der Waals surface area contributed by atoms with Gasteiger partial charge >= 0.3 is 0 Å². The van der Waals surface area contributed by atoms with Crippen molar-refractivity contribution in [2.45, 2.75) is 12.8 Å². The van der Waals surface area contributed by atoms with Crippen molar-refractivity contribution in [3.05, 3.63) is 52.0 Å². The molecule has 88 valence electrons. The minimum absolute atomic E-state index is 0.664. The molecule has 3 nitrogen and oxygen atoms in total. The van der Waals surface area contributed by atoms with Crippen LogP contribution in [0.1, 0.15) is 21.7 Å². The molecule has 0 aliphatic carbocycles. The average Bonchev–Trinajstić information content (AvgIpc) is 2.69. The number of carbonyl (C=O) groups is 1. The Labute approximate surface area is 109 Å². The van der Waals surface area contributed by atoms with Gasteiger partial charge in [0.2, 0.25) is 0 Å². The maximum Gasteiger partial charge on any atom is 0.168 e. The van der Waals surface area contributed by atoms with E-state index in [0.717, 1.165) is 29.3 Å². The van der Waals surface area contributed by atoms with Crippen LogP contribution < -0.4 is 0 Å². The molecule has 0 atom stereocenters. The van der Waals surface area contributed by atoms with Gasteiger partial charge in [-0.2, -0.15) is 0 Å². The molecular formula is C13H13BrN2O. The van der Waals surface area contributed by atoms with Gasteiger partial charge in [-0.3, -0.25) is 4.79 Å². The fourth-order valence-electron chi connectivity index (χ4n) is 1.79. The molecule has 0 bridgehead atoms. The summed E-state index contributed by atoms with van der Waals surface area (Å²) in [5, 5.41) is 0. The van der Waals surface area contributed by atoms with Crippen molar-refractivity contribution in [1.29, 1.82) is 0 Å². The molecule has 4 heteroatoms. The SMILES string of the molecule is Cn1cnc(CCc2ccccc2Br)c1C=O. The van der Waals surface area contributed by atoms with Gasteiger partial charge < -0.3 is 4.57 Å². The van der Waals surface area contributed by atoms with E-state index in [2.05, 4.69) is 27.0 Å². The maximum absolute atomic E-state index is 10.9. The Balaban J connectivity index is 2.13. The summed E-state index contributed by atoms with van der Waals surface area (Å²) >= 11 is 3.52. The van der Waals surface area contributed by atoms with Crippen molar-refractivity contribution >= 4 is 22.2 Å². The van der Waals surface area contributed by atoms with Crippen molar-refractivity contribution in [3.8, 4) is 0 Å². The van der Waals surface area contributed by atoms with E-state index in [-0.39, 0.29) is 0 Å². The second kappa shape index (κ2) is 5.27. The smallest absolute Gasteiger partial charge is 0.168 e. The first-order chi connectivity index (χ1) is 8.22. The van der Waals surface area contributed by atoms with Gasteiger partial charge in [-0.15, -0.1) is 0 Å². The van der Waals surface area contributed by atoms with E-state index >= 15 is 0 Å². The Morgan fingerprint density at radius 3 is 2.82 bits per heavy atom. The van der Waals surface area contributed by atoms with Crippen LogP contribution in [-0.4, -0.2) is 15.8 Å². The highest BCUT2D eigenvalue weighted by Crippen LogP contribution is 2.18. The summed E-state index contributed by atoms with van der Waals surface area (Å²) in [6.07, 6.45) is 4.19. The van der Waals surface area contributed by atoms with Gasteiger partial charge in [0, 0.05) is 11.5 Å². The Hall–Kier alpha value is -1.42. The summed E-state index contributed by atoms with van der Waals surface area (Å²) in [6, 6.07) is 8.10. The molecule has 0 unspecified atom stereocenters. The number of benzene rings is 1. The number of aryl methyl sites for hydroxylation is 3. The Kier molecular flexibility index (Phi) is 3.74. The summed E-state index contributed by atoms with van der Waals surface area (Å²) < 4.78 is 2.85. The standard InChI is InChI=1S/C13H13BrN2O/c1-16-9-15-12(13(16)8-17)7-6-10-4-2-3-5-11(10)14/h2-5,8-9H,6-7H2,1H3. The van der Waals surface area contributed by atoms with Crippen molar-refractivity contribution in [2.75, 3.05) is 0 Å². The van der Waals surface area contributed by atoms with Gasteiger partial charge in [-0.05, 0) is 24.5 Å². The number of carbonyl (C=O) groups excluding carboxylic acids is 1. The lowest BCUT2D eigenvalue weighted by Crippen LogP contribution is -1.99. The van der Waals surface area contributed by atoms with E-state index in [0.29, 0.717) is 5.69 Å². The van der Waals surface area contributed by atoms with E-state index in [1.807, 2.05) is 25.2 Å². The molecule has 0 saturated carbocycles. The predicted octanol–water partition coefficient (Wildman–Crippen LogP) is 2.78. The third-order valence-electron chi connectivity index (χ3n) is 2.76. The average molecular weight is 293 g/mol. The lowest BCUT2D eigenvalue weighted by molar-refractivity contribution is 0.111. The molecule has 0 aliphatic rings. The van der Waals surface area contributed by atoms with Crippen molar-refractivity contribution in [3.63, 3.8) is 0 Å². The molecule has 0 spiro atoms. The van der Waals surface area contributed by atoms with Gasteiger partial charge in [0.05, 0.1) is 12.0 Å². The van der Waals surface area contributed by atoms with Crippen LogP contribution in [-0.2, 0) is 19.9 Å². The van der Waals surface area contributed by atoms with Gasteiger partial charge in [0.1, 0.15) is 5.69 Å². The van der Waals surface area contributed by atoms with Crippen LogP contribution in [0.4, 0.5) is 0 Å². The molecule has 0 amide bonds. The topological polar surface area (TPSA) is 34.9 Å². The van der Waals surface area contributed by atoms with Crippen LogP contribution >= 0.6 is 15.9 Å². The van der Waals surface area contributed by atoms with Crippen LogP contribution in [0, 0.1) is 0 Å². The number of halogens is 1. The Morgan fingerprint density at radius 2 is 2.12 bits per heavy atom. The maximum atomic E-state index is 10.9. The molecular weight excluding hydrogens is 280 g/mol. The van der Waals surface area contributed by atoms with Crippen LogP contribution in [0.15, 0.2) is 35.1 Å². The molecule has 0 radical (unpaired) electrons. The zero-order valence-corrected chi connectivity index (χ0v) is 11.1. The van der Waals surface area contributed by atoms with Crippen molar-refractivity contribution < 1.29 is 4.79 Å². The third kappa shape index (κ3) is 2.64. The summed E-state index contributed by atoms with van der Waals surface area (Å²) in [5.74, 6) is 0. The predicted molar refractivity (Wildman–Crippen MR) is 70.1 cm³/mol. The van der Waals surface area contributed by atoms with Crippen LogP contribution in [0.3, 0.4) is 0 Å². The molecule has 0 fully saturated rings. The quantitative estimate of drug-likeness (QED) is 0.812. The number of rotatable bonds is 4. The first-order valence-electron chi connectivity index (χ1n) is 5.41. The van der Waals surface area contributed by atoms with Gasteiger partial charge in [0.15, 0.2) is 6.29 Å². The molecule has 0 aliphatic heterocycles. The first-order valence-corrected chi connectivity index (χ1v) is 6.20. The lowest BCUT2D eigenvalue weighted by atomic mass is 10.1. The number of hydrogen-bond acceptors (Lipinski definition) is 2. The number of aldehydes is 1. The second-order valence-corrected chi connectivity index (χ2v) is 4.75. The van der Waals surface area contributed by atoms with Gasteiger partial charge in [0.25, 0.3) is 0 Å². The van der Waals surface area contributed by atoms with Crippen LogP contribution in [0.5, 0.6) is 0 Å². The van der Waals surface area contributed by atoms with Gasteiger partial charge in [-0.25, -0.2) is 4.98 Å². The summed E-state index contributed by atoms with van der Waals surface area (Å²) in [6.45, 7) is 0. The highest BCUT2D eigenvalue weighted by Gasteiger charge is 2.08. The number of imidazole rings is 1. The largest absolute Gasteiger partial charge is 0.331 e. The first kappa shape index (κ1) is 12.0. The summed E-state index contributed by atoms with van der Waals surface area (Å²) in [4.78, 5) is 15.2. The monoisotopic (exact) mass is 292 g/mol. The third-order valence-corrected chi connectivity index (χ3v) is 3.54. The highest BCUT2D eigenvalue weighted by atomic mass is 79.9. The number of aromatic nitrogens is 2. The van der Waals surface area contributed by atoms with Crippen LogP contribution in [0.2, 0.25) is 0 Å². The van der Waals surface area contributed by atoms with Crippen molar-refractivity contribution in [1.82, 2.24) is 9.55 Å².